The third-order valence-electron chi connectivity index (χ3n) is 5.33. The molecule has 0 amide bonds. The lowest BCUT2D eigenvalue weighted by molar-refractivity contribution is 0.469. The molecule has 0 spiro atoms. The Morgan fingerprint density at radius 2 is 1.28 bits per heavy atom. The summed E-state index contributed by atoms with van der Waals surface area (Å²) >= 11 is 0. The van der Waals surface area contributed by atoms with E-state index in [2.05, 4.69) is 5.32 Å². The van der Waals surface area contributed by atoms with Crippen molar-refractivity contribution < 1.29 is 10.2 Å². The van der Waals surface area contributed by atoms with Crippen LogP contribution in [0.5, 0.6) is 11.5 Å². The Bertz CT molecular complexity index is 1380. The van der Waals surface area contributed by atoms with Crippen LogP contribution in [0.1, 0.15) is 5.56 Å². The Hall–Kier alpha value is -4.38. The van der Waals surface area contributed by atoms with Gasteiger partial charge in [0.25, 0.3) is 0 Å². The van der Waals surface area contributed by atoms with E-state index in [0.717, 1.165) is 44.8 Å². The smallest absolute Gasteiger partial charge is 0.120 e. The van der Waals surface area contributed by atoms with Gasteiger partial charge < -0.3 is 15.5 Å². The van der Waals surface area contributed by atoms with Crippen molar-refractivity contribution >= 4 is 16.7 Å². The second kappa shape index (κ2) is 8.40. The number of fused-ring (bicyclic) bond motifs is 1. The Balaban J connectivity index is 1.57. The van der Waals surface area contributed by atoms with Gasteiger partial charge in [-0.15, -0.1) is 0 Å². The van der Waals surface area contributed by atoms with Crippen molar-refractivity contribution in [3.8, 4) is 34.0 Å². The number of phenolic OH excluding ortho intramolecular Hbond substituents is 2. The standard InChI is InChI=1S/C27H21N3O2/c31-22-13-10-19(11-14-22)27-26(18-6-2-1-3-7-18)30-24-16-21(12-15-23(24)29-27)28-17-20-8-4-5-9-25(20)32/h1-16,28,31-32H,17H2. The van der Waals surface area contributed by atoms with Crippen molar-refractivity contribution in [2.75, 3.05) is 5.32 Å². The fourth-order valence-electron chi connectivity index (χ4n) is 3.64. The molecule has 5 nitrogen and oxygen atoms in total. The number of para-hydroxylation sites is 1. The summed E-state index contributed by atoms with van der Waals surface area (Å²) in [4.78, 5) is 9.88. The molecule has 0 saturated heterocycles. The first-order valence-electron chi connectivity index (χ1n) is 10.3. The normalized spacial score (nSPS) is 10.9. The highest BCUT2D eigenvalue weighted by Crippen LogP contribution is 2.32. The van der Waals surface area contributed by atoms with Gasteiger partial charge in [0.05, 0.1) is 22.4 Å². The fourth-order valence-corrected chi connectivity index (χ4v) is 3.64. The molecule has 32 heavy (non-hydrogen) atoms. The van der Waals surface area contributed by atoms with Crippen LogP contribution < -0.4 is 5.32 Å². The van der Waals surface area contributed by atoms with Gasteiger partial charge in [0.2, 0.25) is 0 Å². The predicted molar refractivity (Wildman–Crippen MR) is 128 cm³/mol. The minimum atomic E-state index is 0.212. The van der Waals surface area contributed by atoms with E-state index in [1.54, 1.807) is 24.3 Å². The van der Waals surface area contributed by atoms with E-state index < -0.39 is 0 Å². The molecule has 5 heteroatoms. The Morgan fingerprint density at radius 1 is 0.625 bits per heavy atom. The van der Waals surface area contributed by atoms with E-state index in [1.165, 1.54) is 0 Å². The summed E-state index contributed by atoms with van der Waals surface area (Å²) in [6, 6.07) is 30.1. The van der Waals surface area contributed by atoms with Crippen molar-refractivity contribution in [2.24, 2.45) is 0 Å². The zero-order valence-electron chi connectivity index (χ0n) is 17.2. The van der Waals surface area contributed by atoms with Crippen LogP contribution in [0.3, 0.4) is 0 Å². The Morgan fingerprint density at radius 3 is 2.03 bits per heavy atom. The third kappa shape index (κ3) is 3.96. The molecular weight excluding hydrogens is 398 g/mol. The number of aromatic hydroxyl groups is 2. The van der Waals surface area contributed by atoms with E-state index in [1.807, 2.05) is 72.8 Å². The first kappa shape index (κ1) is 19.6. The summed E-state index contributed by atoms with van der Waals surface area (Å²) in [6.07, 6.45) is 0. The minimum absolute atomic E-state index is 0.212. The molecule has 156 valence electrons. The van der Waals surface area contributed by atoms with Gasteiger partial charge in [0, 0.05) is 28.9 Å². The molecule has 4 aromatic carbocycles. The van der Waals surface area contributed by atoms with Crippen LogP contribution in [0, 0.1) is 0 Å². The summed E-state index contributed by atoms with van der Waals surface area (Å²) in [5.41, 5.74) is 6.67. The van der Waals surface area contributed by atoms with Crippen molar-refractivity contribution in [1.29, 1.82) is 0 Å². The highest BCUT2D eigenvalue weighted by molar-refractivity contribution is 5.87. The molecule has 0 aliphatic heterocycles. The zero-order valence-corrected chi connectivity index (χ0v) is 17.2. The number of nitrogens with zero attached hydrogens (tertiary/aromatic N) is 2. The predicted octanol–water partition coefficient (Wildman–Crippen LogP) is 5.99. The zero-order chi connectivity index (χ0) is 21.9. The number of benzene rings is 4. The van der Waals surface area contributed by atoms with Gasteiger partial charge in [-0.2, -0.15) is 0 Å². The van der Waals surface area contributed by atoms with Gasteiger partial charge in [-0.1, -0.05) is 48.5 Å². The van der Waals surface area contributed by atoms with E-state index in [9.17, 15) is 10.2 Å². The highest BCUT2D eigenvalue weighted by Gasteiger charge is 2.14. The summed E-state index contributed by atoms with van der Waals surface area (Å²) in [6.45, 7) is 0.503. The maximum Gasteiger partial charge on any atom is 0.120 e. The van der Waals surface area contributed by atoms with Gasteiger partial charge in [0.15, 0.2) is 0 Å². The lowest BCUT2D eigenvalue weighted by Crippen LogP contribution is -2.01. The van der Waals surface area contributed by atoms with Crippen LogP contribution >= 0.6 is 0 Å². The van der Waals surface area contributed by atoms with Crippen LogP contribution in [-0.4, -0.2) is 20.2 Å². The molecule has 3 N–H and O–H groups in total. The lowest BCUT2D eigenvalue weighted by atomic mass is 10.0. The van der Waals surface area contributed by atoms with Crippen LogP contribution in [-0.2, 0) is 6.54 Å². The molecule has 0 aliphatic carbocycles. The number of hydrogen-bond donors (Lipinski definition) is 3. The molecular formula is C27H21N3O2. The third-order valence-corrected chi connectivity index (χ3v) is 5.33. The van der Waals surface area contributed by atoms with Gasteiger partial charge in [-0.3, -0.25) is 0 Å². The lowest BCUT2D eigenvalue weighted by Gasteiger charge is -2.12. The summed E-state index contributed by atoms with van der Waals surface area (Å²) in [7, 11) is 0. The average Bonchev–Trinajstić information content (AvgIpc) is 2.84. The molecule has 0 fully saturated rings. The molecule has 0 radical (unpaired) electrons. The van der Waals surface area contributed by atoms with Crippen LogP contribution in [0.2, 0.25) is 0 Å². The highest BCUT2D eigenvalue weighted by atomic mass is 16.3. The topological polar surface area (TPSA) is 78.3 Å². The molecule has 0 unspecified atom stereocenters. The van der Waals surface area contributed by atoms with Gasteiger partial charge in [-0.05, 0) is 48.5 Å². The quantitative estimate of drug-likeness (QED) is 0.326. The second-order valence-electron chi connectivity index (χ2n) is 7.52. The molecule has 0 aliphatic rings. The second-order valence-corrected chi connectivity index (χ2v) is 7.52. The van der Waals surface area contributed by atoms with Crippen LogP contribution in [0.15, 0.2) is 97.1 Å². The number of anilines is 1. The first-order valence-corrected chi connectivity index (χ1v) is 10.3. The summed E-state index contributed by atoms with van der Waals surface area (Å²) in [5, 5.41) is 23.0. The number of rotatable bonds is 5. The maximum absolute atomic E-state index is 10.0. The van der Waals surface area contributed by atoms with E-state index in [-0.39, 0.29) is 11.5 Å². The molecule has 5 rings (SSSR count). The van der Waals surface area contributed by atoms with Gasteiger partial charge >= 0.3 is 0 Å². The average molecular weight is 419 g/mol. The molecule has 0 atom stereocenters. The Labute approximate surface area is 185 Å². The monoisotopic (exact) mass is 419 g/mol. The van der Waals surface area contributed by atoms with E-state index >= 15 is 0 Å². The number of hydrogen-bond acceptors (Lipinski definition) is 5. The first-order chi connectivity index (χ1) is 15.7. The number of aromatic nitrogens is 2. The van der Waals surface area contributed by atoms with Gasteiger partial charge in [0.1, 0.15) is 11.5 Å². The van der Waals surface area contributed by atoms with Crippen molar-refractivity contribution in [3.63, 3.8) is 0 Å². The summed E-state index contributed by atoms with van der Waals surface area (Å²) in [5.74, 6) is 0.481. The molecule has 1 aromatic heterocycles. The summed E-state index contributed by atoms with van der Waals surface area (Å²) < 4.78 is 0. The SMILES string of the molecule is Oc1ccc(-c2nc3ccc(NCc4ccccc4O)cc3nc2-c2ccccc2)cc1. The number of nitrogens with one attached hydrogen (secondary N) is 1. The van der Waals surface area contributed by atoms with E-state index in [0.29, 0.717) is 6.54 Å². The fraction of sp³-hybridized carbons (Fsp3) is 0.0370. The van der Waals surface area contributed by atoms with Crippen molar-refractivity contribution in [2.45, 2.75) is 6.54 Å². The number of phenols is 2. The molecule has 1 heterocycles. The molecule has 0 saturated carbocycles. The largest absolute Gasteiger partial charge is 0.508 e. The van der Waals surface area contributed by atoms with E-state index in [4.69, 9.17) is 9.97 Å². The van der Waals surface area contributed by atoms with Crippen LogP contribution in [0.25, 0.3) is 33.5 Å². The molecule has 0 bridgehead atoms. The van der Waals surface area contributed by atoms with Crippen LogP contribution in [0.4, 0.5) is 5.69 Å². The maximum atomic E-state index is 10.0. The Kier molecular flexibility index (Phi) is 5.14. The van der Waals surface area contributed by atoms with Crippen molar-refractivity contribution in [1.82, 2.24) is 9.97 Å². The van der Waals surface area contributed by atoms with Crippen molar-refractivity contribution in [3.05, 3.63) is 103 Å². The van der Waals surface area contributed by atoms with Gasteiger partial charge in [-0.25, -0.2) is 9.97 Å². The molecule has 5 aromatic rings. The minimum Gasteiger partial charge on any atom is -0.508 e.